The number of benzene rings is 1. The average molecular weight is 395 g/mol. The van der Waals surface area contributed by atoms with Gasteiger partial charge in [0, 0.05) is 19.8 Å². The third kappa shape index (κ3) is 4.31. The van der Waals surface area contributed by atoms with Gasteiger partial charge in [0.25, 0.3) is 5.89 Å². The summed E-state index contributed by atoms with van der Waals surface area (Å²) in [6.45, 7) is 0.699. The van der Waals surface area contributed by atoms with Gasteiger partial charge in [0.2, 0.25) is 5.91 Å². The van der Waals surface area contributed by atoms with Crippen molar-refractivity contribution in [3.8, 4) is 17.2 Å². The number of carbonyl (C=O) groups is 1. The van der Waals surface area contributed by atoms with E-state index in [9.17, 15) is 4.79 Å². The number of nitrogens with zero attached hydrogens (tertiary/aromatic N) is 5. The van der Waals surface area contributed by atoms with Gasteiger partial charge in [0.1, 0.15) is 5.75 Å². The summed E-state index contributed by atoms with van der Waals surface area (Å²) in [6, 6.07) is 7.45. The fraction of sp³-hybridized carbons (Fsp3) is 0.429. The van der Waals surface area contributed by atoms with Gasteiger partial charge in [0.05, 0.1) is 31.3 Å². The molecule has 1 saturated heterocycles. The van der Waals surface area contributed by atoms with Crippen LogP contribution in [-0.4, -0.2) is 44.4 Å². The molecule has 1 aliphatic heterocycles. The highest BCUT2D eigenvalue weighted by Crippen LogP contribution is 2.30. The molecule has 8 heteroatoms. The number of methoxy groups -OCH3 is 1. The summed E-state index contributed by atoms with van der Waals surface area (Å²) in [4.78, 5) is 19.7. The van der Waals surface area contributed by atoms with Crippen LogP contribution >= 0.6 is 0 Å². The second-order valence-electron chi connectivity index (χ2n) is 7.34. The van der Waals surface area contributed by atoms with Gasteiger partial charge in [-0.3, -0.25) is 9.48 Å². The Labute approximate surface area is 169 Å². The van der Waals surface area contributed by atoms with E-state index in [0.717, 1.165) is 42.6 Å². The summed E-state index contributed by atoms with van der Waals surface area (Å²) < 4.78 is 12.4. The Morgan fingerprint density at radius 3 is 3.00 bits per heavy atom. The second kappa shape index (κ2) is 8.46. The van der Waals surface area contributed by atoms with Gasteiger partial charge in [-0.25, -0.2) is 0 Å². The molecule has 1 amide bonds. The van der Waals surface area contributed by atoms with Crippen molar-refractivity contribution >= 4 is 5.91 Å². The van der Waals surface area contributed by atoms with Gasteiger partial charge >= 0.3 is 0 Å². The first kappa shape index (κ1) is 19.2. The number of likely N-dealkylation sites (tertiary alicyclic amines) is 1. The zero-order chi connectivity index (χ0) is 20.2. The van der Waals surface area contributed by atoms with E-state index in [1.54, 1.807) is 18.0 Å². The van der Waals surface area contributed by atoms with E-state index in [4.69, 9.17) is 9.26 Å². The van der Waals surface area contributed by atoms with Crippen molar-refractivity contribution < 1.29 is 14.1 Å². The molecule has 152 valence electrons. The van der Waals surface area contributed by atoms with Crippen LogP contribution in [0.5, 0.6) is 5.75 Å². The lowest BCUT2D eigenvalue weighted by molar-refractivity contribution is -0.133. The summed E-state index contributed by atoms with van der Waals surface area (Å²) in [5.74, 6) is 1.81. The molecule has 0 spiro atoms. The van der Waals surface area contributed by atoms with Crippen LogP contribution in [0.25, 0.3) is 11.5 Å². The first-order valence-electron chi connectivity index (χ1n) is 9.89. The van der Waals surface area contributed by atoms with E-state index in [1.807, 2.05) is 42.4 Å². The molecule has 8 nitrogen and oxygen atoms in total. The van der Waals surface area contributed by atoms with Gasteiger partial charge in [0.15, 0.2) is 5.82 Å². The molecule has 1 aliphatic rings. The highest BCUT2D eigenvalue weighted by Gasteiger charge is 2.30. The SMILES string of the molecule is COc1cccc(CC(=O)N2CCCCCC2c2noc(-c3cnn(C)c3)n2)c1. The minimum Gasteiger partial charge on any atom is -0.497 e. The fourth-order valence-corrected chi connectivity index (χ4v) is 3.75. The minimum absolute atomic E-state index is 0.0675. The number of ether oxygens (including phenoxy) is 1. The minimum atomic E-state index is -0.176. The molecule has 3 heterocycles. The van der Waals surface area contributed by atoms with Crippen LogP contribution in [0.15, 0.2) is 41.2 Å². The summed E-state index contributed by atoms with van der Waals surface area (Å²) in [5.41, 5.74) is 1.70. The Hall–Kier alpha value is -3.16. The van der Waals surface area contributed by atoms with Crippen LogP contribution in [0.3, 0.4) is 0 Å². The number of aryl methyl sites for hydroxylation is 1. The van der Waals surface area contributed by atoms with Crippen molar-refractivity contribution in [2.24, 2.45) is 7.05 Å². The number of rotatable bonds is 5. The molecule has 1 aromatic carbocycles. The molecule has 1 atom stereocenters. The molecule has 3 aromatic rings. The topological polar surface area (TPSA) is 86.3 Å². The summed E-state index contributed by atoms with van der Waals surface area (Å²) >= 11 is 0. The van der Waals surface area contributed by atoms with Crippen molar-refractivity contribution in [1.82, 2.24) is 24.8 Å². The zero-order valence-corrected chi connectivity index (χ0v) is 16.7. The van der Waals surface area contributed by atoms with E-state index in [2.05, 4.69) is 15.2 Å². The van der Waals surface area contributed by atoms with E-state index < -0.39 is 0 Å². The maximum Gasteiger partial charge on any atom is 0.261 e. The number of hydrogen-bond donors (Lipinski definition) is 0. The van der Waals surface area contributed by atoms with Crippen molar-refractivity contribution in [2.45, 2.75) is 38.1 Å². The Morgan fingerprint density at radius 2 is 2.21 bits per heavy atom. The normalized spacial score (nSPS) is 17.2. The van der Waals surface area contributed by atoms with Gasteiger partial charge in [-0.15, -0.1) is 0 Å². The molecule has 0 radical (unpaired) electrons. The van der Waals surface area contributed by atoms with Gasteiger partial charge in [-0.05, 0) is 30.5 Å². The second-order valence-corrected chi connectivity index (χ2v) is 7.34. The van der Waals surface area contributed by atoms with Crippen LogP contribution < -0.4 is 4.74 Å². The zero-order valence-electron chi connectivity index (χ0n) is 16.7. The van der Waals surface area contributed by atoms with E-state index >= 15 is 0 Å². The average Bonchev–Trinajstić information content (AvgIpc) is 3.31. The molecule has 1 fully saturated rings. The first-order valence-corrected chi connectivity index (χ1v) is 9.89. The molecule has 0 bridgehead atoms. The molecule has 0 saturated carbocycles. The molecule has 4 rings (SSSR count). The number of hydrogen-bond acceptors (Lipinski definition) is 6. The molecule has 0 N–H and O–H groups in total. The van der Waals surface area contributed by atoms with Crippen molar-refractivity contribution in [3.63, 3.8) is 0 Å². The Kier molecular flexibility index (Phi) is 5.59. The van der Waals surface area contributed by atoms with Crippen LogP contribution in [-0.2, 0) is 18.3 Å². The lowest BCUT2D eigenvalue weighted by atomic mass is 10.1. The summed E-state index contributed by atoms with van der Waals surface area (Å²) in [7, 11) is 3.47. The maximum atomic E-state index is 13.2. The first-order chi connectivity index (χ1) is 14.1. The quantitative estimate of drug-likeness (QED) is 0.660. The number of amides is 1. The Balaban J connectivity index is 1.55. The molecule has 2 aromatic heterocycles. The highest BCUT2D eigenvalue weighted by atomic mass is 16.5. The Bertz CT molecular complexity index is 980. The predicted octanol–water partition coefficient (Wildman–Crippen LogP) is 3.17. The maximum absolute atomic E-state index is 13.2. The largest absolute Gasteiger partial charge is 0.497 e. The molecule has 1 unspecified atom stereocenters. The van der Waals surface area contributed by atoms with E-state index in [0.29, 0.717) is 24.7 Å². The van der Waals surface area contributed by atoms with Crippen molar-refractivity contribution in [1.29, 1.82) is 0 Å². The van der Waals surface area contributed by atoms with Crippen molar-refractivity contribution in [2.75, 3.05) is 13.7 Å². The van der Waals surface area contributed by atoms with Gasteiger partial charge in [-0.2, -0.15) is 10.1 Å². The van der Waals surface area contributed by atoms with Crippen molar-refractivity contribution in [3.05, 3.63) is 48.0 Å². The third-order valence-corrected chi connectivity index (χ3v) is 5.25. The lowest BCUT2D eigenvalue weighted by Gasteiger charge is -2.28. The predicted molar refractivity (Wildman–Crippen MR) is 106 cm³/mol. The van der Waals surface area contributed by atoms with Crippen LogP contribution in [0, 0.1) is 0 Å². The van der Waals surface area contributed by atoms with E-state index in [1.165, 1.54) is 0 Å². The fourth-order valence-electron chi connectivity index (χ4n) is 3.75. The van der Waals surface area contributed by atoms with Gasteiger partial charge in [-0.1, -0.05) is 30.1 Å². The summed E-state index contributed by atoms with van der Waals surface area (Å²) in [6.07, 6.45) is 7.77. The Morgan fingerprint density at radius 1 is 1.31 bits per heavy atom. The van der Waals surface area contributed by atoms with Crippen LogP contribution in [0.2, 0.25) is 0 Å². The standard InChI is InChI=1S/C21H25N5O3/c1-25-14-16(13-22-25)21-23-20(24-29-21)18-9-4-3-5-10-26(18)19(27)12-15-7-6-8-17(11-15)28-2/h6-8,11,13-14,18H,3-5,9-10,12H2,1-2H3. The number of carbonyl (C=O) groups excluding carboxylic acids is 1. The van der Waals surface area contributed by atoms with E-state index in [-0.39, 0.29) is 11.9 Å². The third-order valence-electron chi connectivity index (χ3n) is 5.25. The van der Waals surface area contributed by atoms with Gasteiger partial charge < -0.3 is 14.2 Å². The smallest absolute Gasteiger partial charge is 0.261 e. The molecule has 0 aliphatic carbocycles. The molecular weight excluding hydrogens is 370 g/mol. The highest BCUT2D eigenvalue weighted by molar-refractivity contribution is 5.79. The van der Waals surface area contributed by atoms with Crippen LogP contribution in [0.4, 0.5) is 0 Å². The lowest BCUT2D eigenvalue weighted by Crippen LogP contribution is -2.36. The van der Waals surface area contributed by atoms with Crippen LogP contribution in [0.1, 0.15) is 43.1 Å². The molecule has 29 heavy (non-hydrogen) atoms. The summed E-state index contributed by atoms with van der Waals surface area (Å²) in [5, 5.41) is 8.35. The molecular formula is C21H25N5O3. The monoisotopic (exact) mass is 395 g/mol. The number of aromatic nitrogens is 4.